The average Bonchev–Trinajstić information content (AvgIpc) is 3.33. The third kappa shape index (κ3) is 4.09. The highest BCUT2D eigenvalue weighted by atomic mass is 35.5. The van der Waals surface area contributed by atoms with Gasteiger partial charge in [-0.2, -0.15) is 0 Å². The SMILES string of the molecule is CCCN(CC1CC1)C(=O)C1CC(=O)N(c2cc(Cl)ccc2OC)C1. The number of nitrogens with zero attached hydrogens (tertiary/aromatic N) is 2. The molecule has 3 rings (SSSR count). The van der Waals surface area contributed by atoms with Crippen LogP contribution in [0.2, 0.25) is 5.02 Å². The second-order valence-electron chi connectivity index (χ2n) is 6.95. The van der Waals surface area contributed by atoms with Crippen LogP contribution in [0.3, 0.4) is 0 Å². The molecule has 1 aromatic rings. The Labute approximate surface area is 153 Å². The van der Waals surface area contributed by atoms with Crippen molar-refractivity contribution >= 4 is 29.1 Å². The van der Waals surface area contributed by atoms with Gasteiger partial charge in [-0.05, 0) is 43.4 Å². The molecule has 6 heteroatoms. The molecule has 1 aromatic carbocycles. The molecule has 1 heterocycles. The summed E-state index contributed by atoms with van der Waals surface area (Å²) < 4.78 is 5.36. The molecule has 5 nitrogen and oxygen atoms in total. The Balaban J connectivity index is 1.75. The van der Waals surface area contributed by atoms with Crippen LogP contribution in [0.15, 0.2) is 18.2 Å². The Kier molecular flexibility index (Phi) is 5.52. The van der Waals surface area contributed by atoms with Crippen LogP contribution < -0.4 is 9.64 Å². The van der Waals surface area contributed by atoms with Crippen LogP contribution in [0.25, 0.3) is 0 Å². The monoisotopic (exact) mass is 364 g/mol. The van der Waals surface area contributed by atoms with E-state index in [-0.39, 0.29) is 24.2 Å². The number of amides is 2. The summed E-state index contributed by atoms with van der Waals surface area (Å²) in [6, 6.07) is 5.20. The minimum Gasteiger partial charge on any atom is -0.495 e. The van der Waals surface area contributed by atoms with Crippen LogP contribution in [0.4, 0.5) is 5.69 Å². The minimum atomic E-state index is -0.290. The molecule has 2 fully saturated rings. The quantitative estimate of drug-likeness (QED) is 0.745. The van der Waals surface area contributed by atoms with Crippen molar-refractivity contribution in [3.8, 4) is 5.75 Å². The van der Waals surface area contributed by atoms with E-state index in [9.17, 15) is 9.59 Å². The van der Waals surface area contributed by atoms with Gasteiger partial charge in [0.2, 0.25) is 11.8 Å². The largest absolute Gasteiger partial charge is 0.495 e. The highest BCUT2D eigenvalue weighted by Crippen LogP contribution is 2.36. The molecular formula is C19H25ClN2O3. The minimum absolute atomic E-state index is 0.0539. The topological polar surface area (TPSA) is 49.9 Å². The van der Waals surface area contributed by atoms with Gasteiger partial charge in [-0.3, -0.25) is 9.59 Å². The molecule has 0 spiro atoms. The molecule has 1 aliphatic heterocycles. The summed E-state index contributed by atoms with van der Waals surface area (Å²) in [4.78, 5) is 29.1. The van der Waals surface area contributed by atoms with Crippen LogP contribution >= 0.6 is 11.6 Å². The Morgan fingerprint density at radius 3 is 2.80 bits per heavy atom. The van der Waals surface area contributed by atoms with Crippen molar-refractivity contribution in [2.24, 2.45) is 11.8 Å². The number of anilines is 1. The average molecular weight is 365 g/mol. The summed E-state index contributed by atoms with van der Waals surface area (Å²) in [5.74, 6) is 1.000. The van der Waals surface area contributed by atoms with E-state index in [2.05, 4.69) is 6.92 Å². The number of carbonyl (C=O) groups is 2. The number of halogens is 1. The zero-order chi connectivity index (χ0) is 18.0. The molecular weight excluding hydrogens is 340 g/mol. The smallest absolute Gasteiger partial charge is 0.228 e. The van der Waals surface area contributed by atoms with Gasteiger partial charge in [0.05, 0.1) is 18.7 Å². The highest BCUT2D eigenvalue weighted by molar-refractivity contribution is 6.31. The van der Waals surface area contributed by atoms with Crippen LogP contribution in [0, 0.1) is 11.8 Å². The van der Waals surface area contributed by atoms with Crippen molar-refractivity contribution in [2.75, 3.05) is 31.6 Å². The number of methoxy groups -OCH3 is 1. The van der Waals surface area contributed by atoms with Crippen molar-refractivity contribution in [2.45, 2.75) is 32.6 Å². The van der Waals surface area contributed by atoms with Gasteiger partial charge in [0.1, 0.15) is 5.75 Å². The summed E-state index contributed by atoms with van der Waals surface area (Å²) in [5, 5.41) is 0.541. The van der Waals surface area contributed by atoms with Crippen molar-refractivity contribution in [3.05, 3.63) is 23.2 Å². The Morgan fingerprint density at radius 1 is 1.40 bits per heavy atom. The second-order valence-corrected chi connectivity index (χ2v) is 7.39. The van der Waals surface area contributed by atoms with E-state index in [1.807, 2.05) is 4.90 Å². The van der Waals surface area contributed by atoms with E-state index in [0.29, 0.717) is 28.9 Å². The molecule has 0 bridgehead atoms. The third-order valence-electron chi connectivity index (χ3n) is 4.89. The normalized spacial score (nSPS) is 20.0. The first-order chi connectivity index (χ1) is 12.0. The lowest BCUT2D eigenvalue weighted by Gasteiger charge is -2.25. The van der Waals surface area contributed by atoms with Gasteiger partial charge in [-0.25, -0.2) is 0 Å². The Bertz CT molecular complexity index is 660. The predicted molar refractivity (Wildman–Crippen MR) is 98.1 cm³/mol. The molecule has 136 valence electrons. The first kappa shape index (κ1) is 18.1. The summed E-state index contributed by atoms with van der Waals surface area (Å²) in [5.41, 5.74) is 0.638. The van der Waals surface area contributed by atoms with E-state index in [1.54, 1.807) is 30.2 Å². The van der Waals surface area contributed by atoms with Gasteiger partial charge in [0.25, 0.3) is 0 Å². The van der Waals surface area contributed by atoms with Gasteiger partial charge in [0.15, 0.2) is 0 Å². The summed E-state index contributed by atoms with van der Waals surface area (Å²) in [6.45, 7) is 4.06. The Morgan fingerprint density at radius 2 is 2.16 bits per heavy atom. The van der Waals surface area contributed by atoms with Gasteiger partial charge >= 0.3 is 0 Å². The van der Waals surface area contributed by atoms with E-state index in [0.717, 1.165) is 19.5 Å². The second kappa shape index (κ2) is 7.65. The summed E-state index contributed by atoms with van der Waals surface area (Å²) in [7, 11) is 1.56. The number of ether oxygens (including phenoxy) is 1. The maximum absolute atomic E-state index is 12.9. The third-order valence-corrected chi connectivity index (χ3v) is 5.12. The summed E-state index contributed by atoms with van der Waals surface area (Å²) in [6.07, 6.45) is 3.61. The summed E-state index contributed by atoms with van der Waals surface area (Å²) >= 11 is 6.09. The molecule has 1 aliphatic carbocycles. The van der Waals surface area contributed by atoms with Crippen molar-refractivity contribution in [1.82, 2.24) is 4.90 Å². The van der Waals surface area contributed by atoms with Gasteiger partial charge < -0.3 is 14.5 Å². The standard InChI is InChI=1S/C19H25ClN2O3/c1-3-8-21(11-13-4-5-13)19(24)14-9-18(23)22(12-14)16-10-15(20)6-7-17(16)25-2/h6-7,10,13-14H,3-5,8-9,11-12H2,1-2H3. The molecule has 1 unspecified atom stereocenters. The maximum atomic E-state index is 12.9. The zero-order valence-electron chi connectivity index (χ0n) is 14.8. The van der Waals surface area contributed by atoms with Crippen molar-refractivity contribution < 1.29 is 14.3 Å². The van der Waals surface area contributed by atoms with E-state index in [1.165, 1.54) is 12.8 Å². The molecule has 2 amide bonds. The van der Waals surface area contributed by atoms with Gasteiger partial charge in [0, 0.05) is 31.1 Å². The van der Waals surface area contributed by atoms with Gasteiger partial charge in [-0.15, -0.1) is 0 Å². The molecule has 0 N–H and O–H groups in total. The molecule has 1 saturated heterocycles. The number of rotatable bonds is 7. The maximum Gasteiger partial charge on any atom is 0.228 e. The molecule has 25 heavy (non-hydrogen) atoms. The van der Waals surface area contributed by atoms with E-state index < -0.39 is 0 Å². The van der Waals surface area contributed by atoms with Crippen LogP contribution in [-0.4, -0.2) is 43.5 Å². The lowest BCUT2D eigenvalue weighted by atomic mass is 10.1. The van der Waals surface area contributed by atoms with Crippen molar-refractivity contribution in [3.63, 3.8) is 0 Å². The first-order valence-corrected chi connectivity index (χ1v) is 9.34. The number of carbonyl (C=O) groups excluding carboxylic acids is 2. The molecule has 1 saturated carbocycles. The highest BCUT2D eigenvalue weighted by Gasteiger charge is 2.39. The number of hydrogen-bond acceptors (Lipinski definition) is 3. The van der Waals surface area contributed by atoms with Crippen molar-refractivity contribution in [1.29, 1.82) is 0 Å². The molecule has 0 radical (unpaired) electrons. The Hall–Kier alpha value is -1.75. The molecule has 2 aliphatic rings. The van der Waals surface area contributed by atoms with E-state index >= 15 is 0 Å². The van der Waals surface area contributed by atoms with Gasteiger partial charge in [-0.1, -0.05) is 18.5 Å². The lowest BCUT2D eigenvalue weighted by molar-refractivity contribution is -0.136. The van der Waals surface area contributed by atoms with Crippen LogP contribution in [0.1, 0.15) is 32.6 Å². The van der Waals surface area contributed by atoms with E-state index in [4.69, 9.17) is 16.3 Å². The first-order valence-electron chi connectivity index (χ1n) is 8.96. The number of benzene rings is 1. The predicted octanol–water partition coefficient (Wildman–Crippen LogP) is 3.35. The fraction of sp³-hybridized carbons (Fsp3) is 0.579. The lowest BCUT2D eigenvalue weighted by Crippen LogP contribution is -2.39. The van der Waals surface area contributed by atoms with Crippen LogP contribution in [0.5, 0.6) is 5.75 Å². The fourth-order valence-corrected chi connectivity index (χ4v) is 3.58. The molecule has 1 atom stereocenters. The fourth-order valence-electron chi connectivity index (χ4n) is 3.41. The van der Waals surface area contributed by atoms with Crippen LogP contribution in [-0.2, 0) is 9.59 Å². The number of hydrogen-bond donors (Lipinski definition) is 0. The zero-order valence-corrected chi connectivity index (χ0v) is 15.6. The molecule has 0 aromatic heterocycles.